The summed E-state index contributed by atoms with van der Waals surface area (Å²) in [4.78, 5) is 30.0. The van der Waals surface area contributed by atoms with E-state index in [0.29, 0.717) is 4.60 Å². The first-order valence-corrected chi connectivity index (χ1v) is 9.24. The van der Waals surface area contributed by atoms with Gasteiger partial charge in [-0.1, -0.05) is 0 Å². The Balaban J connectivity index is 2.16. The fourth-order valence-corrected chi connectivity index (χ4v) is 3.17. The van der Waals surface area contributed by atoms with Crippen molar-refractivity contribution in [2.45, 2.75) is 51.5 Å². The number of rotatable bonds is 5. The lowest BCUT2D eigenvalue weighted by molar-refractivity contribution is -0.145. The predicted molar refractivity (Wildman–Crippen MR) is 99.3 cm³/mol. The van der Waals surface area contributed by atoms with Gasteiger partial charge in [0.25, 0.3) is 0 Å². The lowest BCUT2D eigenvalue weighted by Crippen LogP contribution is -2.44. The minimum absolute atomic E-state index is 0.0779. The zero-order chi connectivity index (χ0) is 21.1. The Kier molecular flexibility index (Phi) is 7.02. The summed E-state index contributed by atoms with van der Waals surface area (Å²) < 4.78 is 39.7. The Morgan fingerprint density at radius 1 is 1.36 bits per heavy atom. The van der Waals surface area contributed by atoms with E-state index in [1.165, 1.54) is 24.1 Å². The number of methoxy groups -OCH3 is 1. The standard InChI is InChI=1S/C17H22BrF2N3O5/c1-17(2,3)28-16(25)23-8-9(5-11(23)14(24)26-4)21-13-7-10(27-15(19)20)6-12(18)22-13/h6-7,9,11,15H,5,8H2,1-4H3,(H,21,22)/t9-,11-/m0/s1. The van der Waals surface area contributed by atoms with E-state index in [0.717, 1.165) is 0 Å². The summed E-state index contributed by atoms with van der Waals surface area (Å²) in [5.74, 6) is -0.394. The number of likely N-dealkylation sites (tertiary alicyclic amines) is 1. The number of carbonyl (C=O) groups excluding carboxylic acids is 2. The van der Waals surface area contributed by atoms with Gasteiger partial charge in [-0.3, -0.25) is 4.90 Å². The zero-order valence-corrected chi connectivity index (χ0v) is 17.5. The molecule has 0 aromatic carbocycles. The van der Waals surface area contributed by atoms with Crippen LogP contribution in [0.2, 0.25) is 0 Å². The van der Waals surface area contributed by atoms with Crippen molar-refractivity contribution in [2.24, 2.45) is 0 Å². The SMILES string of the molecule is COC(=O)[C@@H]1C[C@H](Nc2cc(OC(F)F)cc(Br)n2)CN1C(=O)OC(C)(C)C. The third-order valence-corrected chi connectivity index (χ3v) is 4.15. The molecule has 1 N–H and O–H groups in total. The summed E-state index contributed by atoms with van der Waals surface area (Å²) >= 11 is 3.13. The van der Waals surface area contributed by atoms with Crippen molar-refractivity contribution < 1.29 is 32.6 Å². The van der Waals surface area contributed by atoms with Crippen LogP contribution in [0, 0.1) is 0 Å². The Morgan fingerprint density at radius 3 is 2.61 bits per heavy atom. The monoisotopic (exact) mass is 465 g/mol. The van der Waals surface area contributed by atoms with Crippen LogP contribution in [0.25, 0.3) is 0 Å². The number of carbonyl (C=O) groups is 2. The summed E-state index contributed by atoms with van der Waals surface area (Å²) in [5.41, 5.74) is -0.726. The molecule has 2 atom stereocenters. The van der Waals surface area contributed by atoms with Crippen molar-refractivity contribution in [2.75, 3.05) is 19.0 Å². The number of aromatic nitrogens is 1. The third kappa shape index (κ3) is 6.18. The normalized spacial score (nSPS) is 19.5. The first-order valence-electron chi connectivity index (χ1n) is 8.45. The Labute approximate surface area is 169 Å². The van der Waals surface area contributed by atoms with Crippen LogP contribution in [-0.4, -0.2) is 59.9 Å². The molecule has 156 valence electrons. The maximum absolute atomic E-state index is 12.5. The van der Waals surface area contributed by atoms with Crippen LogP contribution in [0.3, 0.4) is 0 Å². The number of pyridine rings is 1. The molecule has 0 bridgehead atoms. The molecule has 2 rings (SSSR count). The van der Waals surface area contributed by atoms with Gasteiger partial charge in [-0.05, 0) is 36.7 Å². The van der Waals surface area contributed by atoms with Gasteiger partial charge in [-0.25, -0.2) is 14.6 Å². The number of alkyl halides is 2. The number of nitrogens with one attached hydrogen (secondary N) is 1. The summed E-state index contributed by atoms with van der Waals surface area (Å²) in [5, 5.41) is 3.03. The van der Waals surface area contributed by atoms with Crippen LogP contribution in [0.5, 0.6) is 5.75 Å². The smallest absolute Gasteiger partial charge is 0.411 e. The lowest BCUT2D eigenvalue weighted by Gasteiger charge is -2.27. The van der Waals surface area contributed by atoms with Crippen molar-refractivity contribution in [1.29, 1.82) is 0 Å². The van der Waals surface area contributed by atoms with E-state index >= 15 is 0 Å². The average Bonchev–Trinajstić information content (AvgIpc) is 2.95. The molecule has 1 aliphatic heterocycles. The molecular weight excluding hydrogens is 444 g/mol. The molecule has 1 fully saturated rings. The molecule has 1 saturated heterocycles. The van der Waals surface area contributed by atoms with Crippen molar-refractivity contribution in [3.63, 3.8) is 0 Å². The van der Waals surface area contributed by atoms with Crippen LogP contribution in [0.4, 0.5) is 19.4 Å². The molecule has 8 nitrogen and oxygen atoms in total. The van der Waals surface area contributed by atoms with E-state index in [1.54, 1.807) is 20.8 Å². The van der Waals surface area contributed by atoms with Crippen molar-refractivity contribution in [1.82, 2.24) is 9.88 Å². The molecule has 0 radical (unpaired) electrons. The first-order chi connectivity index (χ1) is 13.0. The number of ether oxygens (including phenoxy) is 3. The van der Waals surface area contributed by atoms with Gasteiger partial charge in [0.2, 0.25) is 0 Å². The van der Waals surface area contributed by atoms with Crippen LogP contribution >= 0.6 is 15.9 Å². The van der Waals surface area contributed by atoms with Gasteiger partial charge in [0, 0.05) is 31.1 Å². The highest BCUT2D eigenvalue weighted by Gasteiger charge is 2.42. The quantitative estimate of drug-likeness (QED) is 0.526. The minimum Gasteiger partial charge on any atom is -0.467 e. The Hall–Kier alpha value is -2.17. The van der Waals surface area contributed by atoms with E-state index in [9.17, 15) is 18.4 Å². The molecule has 0 spiro atoms. The number of halogens is 3. The van der Waals surface area contributed by atoms with Gasteiger partial charge in [-0.2, -0.15) is 8.78 Å². The van der Waals surface area contributed by atoms with Crippen molar-refractivity contribution in [3.05, 3.63) is 16.7 Å². The maximum Gasteiger partial charge on any atom is 0.411 e. The number of amides is 1. The molecule has 0 unspecified atom stereocenters. The number of anilines is 1. The van der Waals surface area contributed by atoms with Crippen molar-refractivity contribution in [3.8, 4) is 5.75 Å². The topological polar surface area (TPSA) is 90.0 Å². The molecule has 0 aliphatic carbocycles. The van der Waals surface area contributed by atoms with Crippen molar-refractivity contribution >= 4 is 33.8 Å². The van der Waals surface area contributed by atoms with Gasteiger partial charge in [0.15, 0.2) is 0 Å². The Bertz CT molecular complexity index is 729. The van der Waals surface area contributed by atoms with E-state index in [4.69, 9.17) is 9.47 Å². The molecule has 1 amide bonds. The number of nitrogens with zero attached hydrogens (tertiary/aromatic N) is 2. The molecule has 28 heavy (non-hydrogen) atoms. The van der Waals surface area contributed by atoms with Gasteiger partial charge in [0.1, 0.15) is 27.8 Å². The summed E-state index contributed by atoms with van der Waals surface area (Å²) in [6.07, 6.45) is -0.401. The summed E-state index contributed by atoms with van der Waals surface area (Å²) in [7, 11) is 1.24. The van der Waals surface area contributed by atoms with E-state index in [2.05, 4.69) is 31.0 Å². The van der Waals surface area contributed by atoms with Crippen LogP contribution in [0.15, 0.2) is 16.7 Å². The molecule has 0 saturated carbocycles. The highest BCUT2D eigenvalue weighted by molar-refractivity contribution is 9.10. The first kappa shape index (κ1) is 22.1. The van der Waals surface area contributed by atoms with Crippen LogP contribution in [-0.2, 0) is 14.3 Å². The van der Waals surface area contributed by atoms with Gasteiger partial charge >= 0.3 is 18.7 Å². The molecule has 1 aliphatic rings. The second kappa shape index (κ2) is 8.89. The molecule has 11 heteroatoms. The second-order valence-electron chi connectivity index (χ2n) is 7.14. The number of esters is 1. The molecular formula is C17H22BrF2N3O5. The zero-order valence-electron chi connectivity index (χ0n) is 15.9. The average molecular weight is 466 g/mol. The fraction of sp³-hybridized carbons (Fsp3) is 0.588. The van der Waals surface area contributed by atoms with Gasteiger partial charge < -0.3 is 19.5 Å². The minimum atomic E-state index is -2.97. The van der Waals surface area contributed by atoms with E-state index < -0.39 is 30.3 Å². The van der Waals surface area contributed by atoms with Gasteiger partial charge in [0.05, 0.1) is 7.11 Å². The summed E-state index contributed by atoms with van der Waals surface area (Å²) in [6.45, 7) is 2.34. The number of hydrogen-bond acceptors (Lipinski definition) is 7. The second-order valence-corrected chi connectivity index (χ2v) is 7.95. The van der Waals surface area contributed by atoms with Gasteiger partial charge in [-0.15, -0.1) is 0 Å². The van der Waals surface area contributed by atoms with Crippen LogP contribution in [0.1, 0.15) is 27.2 Å². The maximum atomic E-state index is 12.5. The predicted octanol–water partition coefficient (Wildman–Crippen LogP) is 3.41. The highest BCUT2D eigenvalue weighted by atomic mass is 79.9. The molecule has 1 aromatic rings. The third-order valence-electron chi connectivity index (χ3n) is 3.75. The molecule has 1 aromatic heterocycles. The van der Waals surface area contributed by atoms with Crippen LogP contribution < -0.4 is 10.1 Å². The summed E-state index contributed by atoms with van der Waals surface area (Å²) in [6, 6.07) is 1.40. The van der Waals surface area contributed by atoms with E-state index in [1.807, 2.05) is 0 Å². The number of hydrogen-bond donors (Lipinski definition) is 1. The highest BCUT2D eigenvalue weighted by Crippen LogP contribution is 2.27. The fourth-order valence-electron chi connectivity index (χ4n) is 2.75. The molecule has 2 heterocycles. The largest absolute Gasteiger partial charge is 0.467 e. The Morgan fingerprint density at radius 2 is 2.04 bits per heavy atom. The van der Waals surface area contributed by atoms with E-state index in [-0.39, 0.29) is 30.6 Å². The lowest BCUT2D eigenvalue weighted by atomic mass is 10.1.